The van der Waals surface area contributed by atoms with Crippen molar-refractivity contribution in [3.63, 3.8) is 0 Å². The lowest BCUT2D eigenvalue weighted by atomic mass is 10.1. The van der Waals surface area contributed by atoms with E-state index in [9.17, 15) is 0 Å². The van der Waals surface area contributed by atoms with Crippen LogP contribution in [0, 0.1) is 6.92 Å². The summed E-state index contributed by atoms with van der Waals surface area (Å²) in [5.41, 5.74) is 6.33. The summed E-state index contributed by atoms with van der Waals surface area (Å²) < 4.78 is 0. The molecule has 0 aliphatic carbocycles. The van der Waals surface area contributed by atoms with Gasteiger partial charge in [0.2, 0.25) is 5.95 Å². The highest BCUT2D eigenvalue weighted by molar-refractivity contribution is 8.02. The number of aromatic amines is 1. The van der Waals surface area contributed by atoms with Gasteiger partial charge in [-0.25, -0.2) is 9.97 Å². The van der Waals surface area contributed by atoms with Crippen molar-refractivity contribution in [2.45, 2.75) is 6.92 Å². The van der Waals surface area contributed by atoms with E-state index in [1.807, 2.05) is 33.3 Å². The fourth-order valence-corrected chi connectivity index (χ4v) is 3.79. The van der Waals surface area contributed by atoms with Crippen LogP contribution in [0.5, 0.6) is 0 Å². The van der Waals surface area contributed by atoms with Gasteiger partial charge in [0, 0.05) is 42.8 Å². The first-order chi connectivity index (χ1) is 12.6. The van der Waals surface area contributed by atoms with Crippen LogP contribution >= 0.6 is 11.8 Å². The molecule has 0 unspecified atom stereocenters. The molecule has 7 heteroatoms. The first kappa shape index (κ1) is 16.7. The molecule has 0 spiro atoms. The third-order valence-corrected chi connectivity index (χ3v) is 5.08. The number of anilines is 2. The zero-order valence-corrected chi connectivity index (χ0v) is 15.8. The number of rotatable bonds is 4. The molecule has 2 aromatic heterocycles. The summed E-state index contributed by atoms with van der Waals surface area (Å²) in [6.45, 7) is 1.98. The van der Waals surface area contributed by atoms with Crippen LogP contribution in [-0.2, 0) is 0 Å². The number of nitrogens with one attached hydrogen (secondary N) is 1. The molecular weight excluding hydrogens is 344 g/mol. The highest BCUT2D eigenvalue weighted by Crippen LogP contribution is 2.37. The Bertz CT molecular complexity index is 962. The molecule has 1 N–H and O–H groups in total. The van der Waals surface area contributed by atoms with Gasteiger partial charge in [0.1, 0.15) is 0 Å². The number of aryl methyl sites for hydroxylation is 1. The molecule has 1 aliphatic rings. The van der Waals surface area contributed by atoms with E-state index in [0.29, 0.717) is 0 Å². The minimum absolute atomic E-state index is 0.718. The summed E-state index contributed by atoms with van der Waals surface area (Å²) in [5, 5.41) is 9.62. The van der Waals surface area contributed by atoms with Crippen molar-refractivity contribution in [3.05, 3.63) is 59.4 Å². The minimum atomic E-state index is 0.718. The van der Waals surface area contributed by atoms with E-state index in [0.717, 1.165) is 45.7 Å². The van der Waals surface area contributed by atoms with Gasteiger partial charge in [-0.05, 0) is 30.5 Å². The minimum Gasteiger partial charge on any atom is -0.378 e. The van der Waals surface area contributed by atoms with Gasteiger partial charge in [0.05, 0.1) is 23.5 Å². The Morgan fingerprint density at radius 1 is 1.23 bits per heavy atom. The number of aromatic nitrogens is 4. The van der Waals surface area contributed by atoms with Gasteiger partial charge in [0.15, 0.2) is 0 Å². The average molecular weight is 364 g/mol. The predicted octanol–water partition coefficient (Wildman–Crippen LogP) is 3.75. The molecular formula is C19H20N6S. The Morgan fingerprint density at radius 3 is 2.92 bits per heavy atom. The molecule has 0 saturated heterocycles. The van der Waals surface area contributed by atoms with Crippen LogP contribution in [0.25, 0.3) is 17.0 Å². The second-order valence-electron chi connectivity index (χ2n) is 6.33. The van der Waals surface area contributed by atoms with Crippen molar-refractivity contribution in [2.24, 2.45) is 0 Å². The lowest BCUT2D eigenvalue weighted by molar-refractivity contribution is 1.01. The van der Waals surface area contributed by atoms with Crippen LogP contribution in [0.4, 0.5) is 11.6 Å². The standard InChI is InChI=1S/C19H20N6S/c1-13-7-8-20-19(22-13)25-12-26-11-17(25)16-10-21-23-18(16)14-5-4-6-15(9-14)24(2)3/h4-11H,12H2,1-3H3,(H,21,23). The number of hydrogen-bond acceptors (Lipinski definition) is 6. The van der Waals surface area contributed by atoms with Crippen LogP contribution < -0.4 is 9.80 Å². The largest absolute Gasteiger partial charge is 0.378 e. The molecule has 0 fully saturated rings. The maximum absolute atomic E-state index is 4.58. The first-order valence-electron chi connectivity index (χ1n) is 8.34. The number of H-pyrrole nitrogens is 1. The summed E-state index contributed by atoms with van der Waals surface area (Å²) in [5.74, 6) is 1.51. The van der Waals surface area contributed by atoms with Crippen molar-refractivity contribution >= 4 is 29.1 Å². The van der Waals surface area contributed by atoms with E-state index in [4.69, 9.17) is 0 Å². The fraction of sp³-hybridized carbons (Fsp3) is 0.211. The van der Waals surface area contributed by atoms with E-state index in [1.54, 1.807) is 18.0 Å². The van der Waals surface area contributed by atoms with Gasteiger partial charge in [-0.2, -0.15) is 5.10 Å². The van der Waals surface area contributed by atoms with E-state index in [-0.39, 0.29) is 0 Å². The maximum atomic E-state index is 4.58. The second-order valence-corrected chi connectivity index (χ2v) is 7.16. The Balaban J connectivity index is 1.74. The molecule has 0 saturated carbocycles. The molecule has 0 atom stereocenters. The fourth-order valence-electron chi connectivity index (χ4n) is 2.90. The van der Waals surface area contributed by atoms with Gasteiger partial charge < -0.3 is 4.90 Å². The van der Waals surface area contributed by atoms with Crippen molar-refractivity contribution in [3.8, 4) is 11.3 Å². The van der Waals surface area contributed by atoms with E-state index >= 15 is 0 Å². The lowest BCUT2D eigenvalue weighted by Crippen LogP contribution is -2.19. The smallest absolute Gasteiger partial charge is 0.230 e. The summed E-state index contributed by atoms with van der Waals surface area (Å²) in [6, 6.07) is 10.3. The Hall–Kier alpha value is -2.80. The van der Waals surface area contributed by atoms with Crippen molar-refractivity contribution < 1.29 is 0 Å². The van der Waals surface area contributed by atoms with Gasteiger partial charge in [-0.3, -0.25) is 10.00 Å². The summed E-state index contributed by atoms with van der Waals surface area (Å²) in [4.78, 5) is 13.2. The average Bonchev–Trinajstić information content (AvgIpc) is 3.30. The van der Waals surface area contributed by atoms with Crippen LogP contribution in [0.1, 0.15) is 11.3 Å². The SMILES string of the molecule is Cc1ccnc(N2CSC=C2c2cn[nH]c2-c2cccc(N(C)C)c2)n1. The highest BCUT2D eigenvalue weighted by Gasteiger charge is 2.25. The topological polar surface area (TPSA) is 60.9 Å². The Morgan fingerprint density at radius 2 is 2.12 bits per heavy atom. The summed E-state index contributed by atoms with van der Waals surface area (Å²) >= 11 is 1.74. The quantitative estimate of drug-likeness (QED) is 0.761. The molecule has 1 aliphatic heterocycles. The van der Waals surface area contributed by atoms with Crippen molar-refractivity contribution in [1.82, 2.24) is 20.2 Å². The first-order valence-corrected chi connectivity index (χ1v) is 9.39. The maximum Gasteiger partial charge on any atom is 0.230 e. The molecule has 6 nitrogen and oxygen atoms in total. The molecule has 132 valence electrons. The molecule has 1 aromatic carbocycles. The Labute approximate surface area is 157 Å². The predicted molar refractivity (Wildman–Crippen MR) is 108 cm³/mol. The number of nitrogens with zero attached hydrogens (tertiary/aromatic N) is 5. The van der Waals surface area contributed by atoms with E-state index in [1.165, 1.54) is 0 Å². The third kappa shape index (κ3) is 3.06. The van der Waals surface area contributed by atoms with Crippen molar-refractivity contribution in [1.29, 1.82) is 0 Å². The zero-order chi connectivity index (χ0) is 18.1. The molecule has 0 amide bonds. The van der Waals surface area contributed by atoms with Crippen LogP contribution in [0.15, 0.2) is 48.1 Å². The summed E-state index contributed by atoms with van der Waals surface area (Å²) in [7, 11) is 4.08. The molecule has 26 heavy (non-hydrogen) atoms. The van der Waals surface area contributed by atoms with Crippen LogP contribution in [-0.4, -0.2) is 40.1 Å². The number of hydrogen-bond donors (Lipinski definition) is 1. The van der Waals surface area contributed by atoms with Gasteiger partial charge >= 0.3 is 0 Å². The molecule has 4 rings (SSSR count). The van der Waals surface area contributed by atoms with E-state index < -0.39 is 0 Å². The highest BCUT2D eigenvalue weighted by atomic mass is 32.2. The van der Waals surface area contributed by atoms with Crippen LogP contribution in [0.2, 0.25) is 0 Å². The Kier molecular flexibility index (Phi) is 4.38. The molecule has 3 heterocycles. The third-order valence-electron chi connectivity index (χ3n) is 4.28. The van der Waals surface area contributed by atoms with Crippen molar-refractivity contribution in [2.75, 3.05) is 29.8 Å². The number of benzene rings is 1. The van der Waals surface area contributed by atoms with Gasteiger partial charge in [-0.1, -0.05) is 12.1 Å². The zero-order valence-electron chi connectivity index (χ0n) is 15.0. The summed E-state index contributed by atoms with van der Waals surface area (Å²) in [6.07, 6.45) is 3.67. The second kappa shape index (κ2) is 6.84. The monoisotopic (exact) mass is 364 g/mol. The molecule has 0 bridgehead atoms. The lowest BCUT2D eigenvalue weighted by Gasteiger charge is -2.20. The van der Waals surface area contributed by atoms with Crippen LogP contribution in [0.3, 0.4) is 0 Å². The normalized spacial score (nSPS) is 13.8. The molecule has 3 aromatic rings. The molecule has 0 radical (unpaired) electrons. The number of thioether (sulfide) groups is 1. The van der Waals surface area contributed by atoms with E-state index in [2.05, 4.69) is 59.6 Å². The van der Waals surface area contributed by atoms with Gasteiger partial charge in [0.25, 0.3) is 0 Å². The van der Waals surface area contributed by atoms with Gasteiger partial charge in [-0.15, -0.1) is 11.8 Å².